The van der Waals surface area contributed by atoms with E-state index in [0.29, 0.717) is 36.2 Å². The average Bonchev–Trinajstić information content (AvgIpc) is 3.37. The van der Waals surface area contributed by atoms with Crippen molar-refractivity contribution >= 4 is 23.8 Å². The molecule has 5 saturated carbocycles. The summed E-state index contributed by atoms with van der Waals surface area (Å²) >= 11 is 0. The fourth-order valence-corrected chi connectivity index (χ4v) is 13.6. The Morgan fingerprint density at radius 2 is 1.52 bits per heavy atom. The Kier molecular flexibility index (Phi) is 10.5. The van der Waals surface area contributed by atoms with Gasteiger partial charge in [-0.25, -0.2) is 0 Å². The highest BCUT2D eigenvalue weighted by atomic mass is 16.5. The maximum Gasteiger partial charge on any atom is 0.325 e. The molecule has 2 N–H and O–H groups in total. The lowest BCUT2D eigenvalue weighted by Gasteiger charge is -2.73. The lowest BCUT2D eigenvalue weighted by Crippen LogP contribution is -2.66. The molecule has 0 aromatic rings. The first-order chi connectivity index (χ1) is 23.1. The van der Waals surface area contributed by atoms with E-state index in [1.807, 2.05) is 13.8 Å². The molecule has 0 aliphatic heterocycles. The van der Waals surface area contributed by atoms with E-state index in [-0.39, 0.29) is 70.4 Å². The number of carbonyl (C=O) groups excluding carboxylic acids is 3. The number of allylic oxidation sites excluding steroid dienone is 1. The summed E-state index contributed by atoms with van der Waals surface area (Å²) in [6.07, 6.45) is 12.1. The van der Waals surface area contributed by atoms with Gasteiger partial charge in [0, 0.05) is 12.3 Å². The second kappa shape index (κ2) is 13.5. The zero-order chi connectivity index (χ0) is 37.1. The summed E-state index contributed by atoms with van der Waals surface area (Å²) in [7, 11) is 0. The quantitative estimate of drug-likeness (QED) is 0.164. The minimum absolute atomic E-state index is 0.0562. The molecule has 5 aliphatic carbocycles. The summed E-state index contributed by atoms with van der Waals surface area (Å²) in [4.78, 5) is 48.3. The van der Waals surface area contributed by atoms with Gasteiger partial charge in [0.05, 0.1) is 19.4 Å². The van der Waals surface area contributed by atoms with Crippen LogP contribution in [0.5, 0.6) is 0 Å². The standard InChI is InChI=1S/C42H67NO7/c1-26(2)28-13-18-42(21-22-49-35(48)25-43-27(3)44)20-19-40(9)29(36(28)42)11-12-31-39(8)16-15-32(38(6,7)30(39)14-17-41(31,40)10)50-34(47)24-37(4,5)23-33(45)46/h28-32,36H,1,11-25H2,2-10H3,(H,43,44)(H,45,46)/t28-,29+,30-,31+,32-,36+,39-,40+,41+,42+/m0/s1. The minimum Gasteiger partial charge on any atom is -0.481 e. The van der Waals surface area contributed by atoms with Crippen LogP contribution in [0.25, 0.3) is 0 Å². The third-order valence-corrected chi connectivity index (χ3v) is 16.0. The lowest BCUT2D eigenvalue weighted by atomic mass is 9.32. The van der Waals surface area contributed by atoms with Crippen LogP contribution in [-0.4, -0.2) is 48.2 Å². The van der Waals surface area contributed by atoms with Gasteiger partial charge in [0.2, 0.25) is 5.91 Å². The molecule has 0 aromatic carbocycles. The molecule has 10 atom stereocenters. The van der Waals surface area contributed by atoms with E-state index in [4.69, 9.17) is 9.47 Å². The number of hydrogen-bond acceptors (Lipinski definition) is 6. The highest BCUT2D eigenvalue weighted by Crippen LogP contribution is 2.78. The number of esters is 2. The monoisotopic (exact) mass is 697 g/mol. The lowest BCUT2D eigenvalue weighted by molar-refractivity contribution is -0.251. The van der Waals surface area contributed by atoms with Gasteiger partial charge in [0.15, 0.2) is 0 Å². The smallest absolute Gasteiger partial charge is 0.325 e. The minimum atomic E-state index is -0.891. The van der Waals surface area contributed by atoms with Crippen molar-refractivity contribution in [3.05, 3.63) is 12.2 Å². The van der Waals surface area contributed by atoms with Crippen molar-refractivity contribution in [2.45, 2.75) is 152 Å². The average molecular weight is 698 g/mol. The van der Waals surface area contributed by atoms with Crippen LogP contribution in [-0.2, 0) is 28.7 Å². The third-order valence-electron chi connectivity index (χ3n) is 16.0. The molecule has 0 bridgehead atoms. The van der Waals surface area contributed by atoms with E-state index in [9.17, 15) is 24.3 Å². The number of fused-ring (bicyclic) bond motifs is 7. The summed E-state index contributed by atoms with van der Waals surface area (Å²) in [6.45, 7) is 24.6. The number of hydrogen-bond donors (Lipinski definition) is 2. The highest BCUT2D eigenvalue weighted by molar-refractivity contribution is 5.80. The molecule has 5 fully saturated rings. The van der Waals surface area contributed by atoms with Crippen LogP contribution < -0.4 is 5.32 Å². The molecule has 0 radical (unpaired) electrons. The number of carboxylic acids is 1. The SMILES string of the molecule is C=C(C)[C@@H]1CC[C@]2(CCOC(=O)CNC(C)=O)CC[C@]3(C)[C@H](CC[C@@H]4[C@@]5(C)CC[C@H](OC(=O)CC(C)(C)CC(=O)O)C(C)(C)[C@@H]5CC[C@]43C)[C@@H]12. The van der Waals surface area contributed by atoms with Gasteiger partial charge in [-0.2, -0.15) is 0 Å². The number of amides is 1. The molecule has 282 valence electrons. The van der Waals surface area contributed by atoms with Crippen molar-refractivity contribution in [3.63, 3.8) is 0 Å². The van der Waals surface area contributed by atoms with Crippen molar-refractivity contribution in [1.82, 2.24) is 5.32 Å². The molecular formula is C42H67NO7. The number of nitrogens with one attached hydrogen (secondary N) is 1. The summed E-state index contributed by atoms with van der Waals surface area (Å²) in [5.41, 5.74) is 1.17. The topological polar surface area (TPSA) is 119 Å². The molecule has 0 heterocycles. The fraction of sp³-hybridized carbons (Fsp3) is 0.857. The van der Waals surface area contributed by atoms with Crippen LogP contribution in [0.4, 0.5) is 0 Å². The fourth-order valence-electron chi connectivity index (χ4n) is 13.6. The predicted octanol–water partition coefficient (Wildman–Crippen LogP) is 8.52. The second-order valence-electron chi connectivity index (χ2n) is 19.7. The van der Waals surface area contributed by atoms with Gasteiger partial charge in [-0.3, -0.25) is 19.2 Å². The Morgan fingerprint density at radius 3 is 2.16 bits per heavy atom. The molecule has 8 nitrogen and oxygen atoms in total. The Balaban J connectivity index is 1.34. The van der Waals surface area contributed by atoms with E-state index in [2.05, 4.69) is 53.4 Å². The largest absolute Gasteiger partial charge is 0.481 e. The maximum absolute atomic E-state index is 13.2. The van der Waals surface area contributed by atoms with Crippen molar-refractivity contribution in [3.8, 4) is 0 Å². The summed E-state index contributed by atoms with van der Waals surface area (Å²) in [6, 6.07) is 0. The van der Waals surface area contributed by atoms with Crippen molar-refractivity contribution < 1.29 is 33.8 Å². The van der Waals surface area contributed by atoms with Gasteiger partial charge >= 0.3 is 17.9 Å². The van der Waals surface area contributed by atoms with Crippen LogP contribution in [0, 0.1) is 62.1 Å². The molecule has 1 amide bonds. The first-order valence-electron chi connectivity index (χ1n) is 19.6. The highest BCUT2D eigenvalue weighted by Gasteiger charge is 2.71. The zero-order valence-electron chi connectivity index (χ0n) is 32.7. The number of carbonyl (C=O) groups is 4. The van der Waals surface area contributed by atoms with Gasteiger partial charge < -0.3 is 19.9 Å². The van der Waals surface area contributed by atoms with E-state index in [1.165, 1.54) is 38.2 Å². The Hall–Kier alpha value is -2.38. The summed E-state index contributed by atoms with van der Waals surface area (Å²) in [5, 5.41) is 11.9. The molecule has 5 aliphatic rings. The molecule has 0 unspecified atom stereocenters. The van der Waals surface area contributed by atoms with Crippen LogP contribution in [0.1, 0.15) is 146 Å². The third kappa shape index (κ3) is 6.68. The van der Waals surface area contributed by atoms with Crippen molar-refractivity contribution in [2.75, 3.05) is 13.2 Å². The zero-order valence-corrected chi connectivity index (χ0v) is 32.7. The summed E-state index contributed by atoms with van der Waals surface area (Å²) < 4.78 is 12.0. The van der Waals surface area contributed by atoms with Crippen LogP contribution in [0.15, 0.2) is 12.2 Å². The van der Waals surface area contributed by atoms with Crippen molar-refractivity contribution in [2.24, 2.45) is 62.1 Å². The van der Waals surface area contributed by atoms with Gasteiger partial charge in [0.25, 0.3) is 0 Å². The van der Waals surface area contributed by atoms with Gasteiger partial charge in [-0.05, 0) is 134 Å². The van der Waals surface area contributed by atoms with Crippen LogP contribution in [0.2, 0.25) is 0 Å². The van der Waals surface area contributed by atoms with Crippen molar-refractivity contribution in [1.29, 1.82) is 0 Å². The number of ether oxygens (including phenoxy) is 2. The molecule has 8 heteroatoms. The van der Waals surface area contributed by atoms with E-state index in [1.54, 1.807) is 0 Å². The van der Waals surface area contributed by atoms with Gasteiger partial charge in [-0.15, -0.1) is 0 Å². The molecule has 0 spiro atoms. The van der Waals surface area contributed by atoms with E-state index in [0.717, 1.165) is 44.9 Å². The second-order valence-corrected chi connectivity index (χ2v) is 19.7. The maximum atomic E-state index is 13.2. The predicted molar refractivity (Wildman–Crippen MR) is 194 cm³/mol. The number of carboxylic acid groups (broad SMARTS) is 1. The normalized spacial score (nSPS) is 40.3. The molecular weight excluding hydrogens is 630 g/mol. The first-order valence-corrected chi connectivity index (χ1v) is 19.6. The molecule has 0 aromatic heterocycles. The van der Waals surface area contributed by atoms with Crippen LogP contribution in [0.3, 0.4) is 0 Å². The number of rotatable bonds is 11. The Morgan fingerprint density at radius 1 is 0.820 bits per heavy atom. The van der Waals surface area contributed by atoms with Gasteiger partial charge in [0.1, 0.15) is 12.6 Å². The molecule has 0 saturated heterocycles. The van der Waals surface area contributed by atoms with E-state index < -0.39 is 11.4 Å². The van der Waals surface area contributed by atoms with E-state index >= 15 is 0 Å². The Bertz CT molecular complexity index is 1370. The van der Waals surface area contributed by atoms with Crippen LogP contribution >= 0.6 is 0 Å². The molecule has 5 rings (SSSR count). The molecule has 50 heavy (non-hydrogen) atoms. The van der Waals surface area contributed by atoms with Gasteiger partial charge in [-0.1, -0.05) is 60.6 Å². The first kappa shape index (κ1) is 38.8. The number of aliphatic carboxylic acids is 1. The Labute approximate surface area is 301 Å². The summed E-state index contributed by atoms with van der Waals surface area (Å²) in [5.74, 6) is 0.893.